The molecule has 12 heavy (non-hydrogen) atoms. The Hall–Kier alpha value is -0.0800. The fourth-order valence-corrected chi connectivity index (χ4v) is 2.22. The first-order chi connectivity index (χ1) is 5.34. The van der Waals surface area contributed by atoms with E-state index in [1.54, 1.807) is 0 Å². The Morgan fingerprint density at radius 1 is 1.42 bits per heavy atom. The topological polar surface area (TPSA) is 32.3 Å². The minimum Gasteiger partial charge on any atom is -0.390 e. The fraction of sp³-hybridized carbons (Fsp3) is 1.00. The normalized spacial score (nSPS) is 38.2. The lowest BCUT2D eigenvalue weighted by Crippen LogP contribution is -2.53. The molecule has 1 heterocycles. The SMILES string of the molecule is CC(C)(C)C1CNCCC1(C)O. The highest BCUT2D eigenvalue weighted by Crippen LogP contribution is 2.37. The lowest BCUT2D eigenvalue weighted by Gasteiger charge is -2.45. The zero-order chi connectivity index (χ0) is 9.41. The maximum absolute atomic E-state index is 10.1. The van der Waals surface area contributed by atoms with Gasteiger partial charge in [-0.25, -0.2) is 0 Å². The van der Waals surface area contributed by atoms with Crippen molar-refractivity contribution in [3.05, 3.63) is 0 Å². The van der Waals surface area contributed by atoms with Crippen molar-refractivity contribution in [2.24, 2.45) is 11.3 Å². The van der Waals surface area contributed by atoms with Gasteiger partial charge in [0, 0.05) is 12.5 Å². The van der Waals surface area contributed by atoms with E-state index in [-0.39, 0.29) is 5.41 Å². The van der Waals surface area contributed by atoms with Gasteiger partial charge >= 0.3 is 0 Å². The molecule has 2 unspecified atom stereocenters. The van der Waals surface area contributed by atoms with E-state index in [1.165, 1.54) is 0 Å². The molecule has 1 rings (SSSR count). The van der Waals surface area contributed by atoms with Gasteiger partial charge in [0.15, 0.2) is 0 Å². The molecule has 2 atom stereocenters. The van der Waals surface area contributed by atoms with Crippen LogP contribution in [-0.4, -0.2) is 23.8 Å². The molecule has 0 saturated carbocycles. The van der Waals surface area contributed by atoms with E-state index in [2.05, 4.69) is 26.1 Å². The van der Waals surface area contributed by atoms with Gasteiger partial charge in [-0.1, -0.05) is 20.8 Å². The van der Waals surface area contributed by atoms with Crippen LogP contribution in [0.15, 0.2) is 0 Å². The predicted molar refractivity (Wildman–Crippen MR) is 51.1 cm³/mol. The van der Waals surface area contributed by atoms with E-state index < -0.39 is 5.60 Å². The summed E-state index contributed by atoms with van der Waals surface area (Å²) in [6, 6.07) is 0. The molecule has 1 aliphatic heterocycles. The third-order valence-corrected chi connectivity index (χ3v) is 2.95. The molecule has 1 saturated heterocycles. The average molecular weight is 171 g/mol. The molecule has 1 aliphatic rings. The Morgan fingerprint density at radius 2 is 2.00 bits per heavy atom. The lowest BCUT2D eigenvalue weighted by atomic mass is 9.68. The molecular formula is C10H21NO. The summed E-state index contributed by atoms with van der Waals surface area (Å²) in [5.74, 6) is 0.360. The standard InChI is InChI=1S/C10H21NO/c1-9(2,3)8-7-11-6-5-10(8,4)12/h8,11-12H,5-7H2,1-4H3. The Balaban J connectivity index is 2.73. The first-order valence-corrected chi connectivity index (χ1v) is 4.77. The molecule has 0 bridgehead atoms. The van der Waals surface area contributed by atoms with Crippen molar-refractivity contribution in [2.45, 2.75) is 39.7 Å². The Morgan fingerprint density at radius 3 is 2.33 bits per heavy atom. The third-order valence-electron chi connectivity index (χ3n) is 2.95. The van der Waals surface area contributed by atoms with Gasteiger partial charge in [0.2, 0.25) is 0 Å². The average Bonchev–Trinajstić information content (AvgIpc) is 1.83. The van der Waals surface area contributed by atoms with Crippen LogP contribution in [0.3, 0.4) is 0 Å². The number of hydrogen-bond donors (Lipinski definition) is 2. The molecular weight excluding hydrogens is 150 g/mol. The van der Waals surface area contributed by atoms with E-state index in [4.69, 9.17) is 0 Å². The van der Waals surface area contributed by atoms with Crippen molar-refractivity contribution in [2.75, 3.05) is 13.1 Å². The molecule has 0 aromatic rings. The van der Waals surface area contributed by atoms with Crippen molar-refractivity contribution in [3.63, 3.8) is 0 Å². The molecule has 1 fully saturated rings. The summed E-state index contributed by atoms with van der Waals surface area (Å²) in [4.78, 5) is 0. The van der Waals surface area contributed by atoms with Crippen LogP contribution < -0.4 is 5.32 Å². The van der Waals surface area contributed by atoms with E-state index >= 15 is 0 Å². The quantitative estimate of drug-likeness (QED) is 0.577. The summed E-state index contributed by atoms with van der Waals surface area (Å²) in [6.45, 7) is 10.4. The van der Waals surface area contributed by atoms with Crippen LogP contribution >= 0.6 is 0 Å². The summed E-state index contributed by atoms with van der Waals surface area (Å²) in [6.07, 6.45) is 0.870. The summed E-state index contributed by atoms with van der Waals surface area (Å²) in [5, 5.41) is 13.5. The van der Waals surface area contributed by atoms with Gasteiger partial charge in [0.25, 0.3) is 0 Å². The second-order valence-corrected chi connectivity index (χ2v) is 5.23. The van der Waals surface area contributed by atoms with Gasteiger partial charge in [-0.15, -0.1) is 0 Å². The van der Waals surface area contributed by atoms with Crippen molar-refractivity contribution in [1.82, 2.24) is 5.32 Å². The van der Waals surface area contributed by atoms with Crippen LogP contribution in [-0.2, 0) is 0 Å². The van der Waals surface area contributed by atoms with Crippen LogP contribution in [0, 0.1) is 11.3 Å². The predicted octanol–water partition coefficient (Wildman–Crippen LogP) is 1.39. The smallest absolute Gasteiger partial charge is 0.0677 e. The number of piperidine rings is 1. The molecule has 2 N–H and O–H groups in total. The van der Waals surface area contributed by atoms with Crippen molar-refractivity contribution in [1.29, 1.82) is 0 Å². The van der Waals surface area contributed by atoms with Gasteiger partial charge < -0.3 is 10.4 Å². The Kier molecular flexibility index (Phi) is 2.50. The zero-order valence-electron chi connectivity index (χ0n) is 8.65. The van der Waals surface area contributed by atoms with Crippen LogP contribution in [0.4, 0.5) is 0 Å². The summed E-state index contributed by atoms with van der Waals surface area (Å²) >= 11 is 0. The molecule has 0 aromatic carbocycles. The molecule has 2 nitrogen and oxygen atoms in total. The molecule has 0 aromatic heterocycles. The first kappa shape index (κ1) is 10.0. The monoisotopic (exact) mass is 171 g/mol. The molecule has 0 spiro atoms. The van der Waals surface area contributed by atoms with Gasteiger partial charge in [0.05, 0.1) is 5.60 Å². The minimum absolute atomic E-state index is 0.191. The van der Waals surface area contributed by atoms with Gasteiger partial charge in [0.1, 0.15) is 0 Å². The Bertz CT molecular complexity index is 158. The molecule has 2 heteroatoms. The number of rotatable bonds is 0. The highest BCUT2D eigenvalue weighted by molar-refractivity contribution is 4.94. The Labute approximate surface area is 75.4 Å². The largest absolute Gasteiger partial charge is 0.390 e. The number of hydrogen-bond acceptors (Lipinski definition) is 2. The molecule has 0 radical (unpaired) electrons. The van der Waals surface area contributed by atoms with E-state index in [0.29, 0.717) is 5.92 Å². The van der Waals surface area contributed by atoms with E-state index in [9.17, 15) is 5.11 Å². The summed E-state index contributed by atoms with van der Waals surface area (Å²) in [7, 11) is 0. The lowest BCUT2D eigenvalue weighted by molar-refractivity contribution is -0.0668. The summed E-state index contributed by atoms with van der Waals surface area (Å²) < 4.78 is 0. The zero-order valence-corrected chi connectivity index (χ0v) is 8.65. The highest BCUT2D eigenvalue weighted by atomic mass is 16.3. The molecule has 0 aliphatic carbocycles. The fourth-order valence-electron chi connectivity index (χ4n) is 2.22. The molecule has 72 valence electrons. The van der Waals surface area contributed by atoms with Gasteiger partial charge in [-0.3, -0.25) is 0 Å². The number of nitrogens with one attached hydrogen (secondary N) is 1. The number of aliphatic hydroxyl groups is 1. The summed E-state index contributed by atoms with van der Waals surface area (Å²) in [5.41, 5.74) is -0.291. The maximum atomic E-state index is 10.1. The van der Waals surface area contributed by atoms with Crippen molar-refractivity contribution < 1.29 is 5.11 Å². The van der Waals surface area contributed by atoms with Crippen LogP contribution in [0.2, 0.25) is 0 Å². The van der Waals surface area contributed by atoms with Crippen molar-refractivity contribution in [3.8, 4) is 0 Å². The van der Waals surface area contributed by atoms with E-state index in [0.717, 1.165) is 19.5 Å². The van der Waals surface area contributed by atoms with Crippen LogP contribution in [0.25, 0.3) is 0 Å². The van der Waals surface area contributed by atoms with Gasteiger partial charge in [-0.2, -0.15) is 0 Å². The van der Waals surface area contributed by atoms with Gasteiger partial charge in [-0.05, 0) is 25.3 Å². The van der Waals surface area contributed by atoms with Crippen LogP contribution in [0.1, 0.15) is 34.1 Å². The maximum Gasteiger partial charge on any atom is 0.0677 e. The first-order valence-electron chi connectivity index (χ1n) is 4.77. The highest BCUT2D eigenvalue weighted by Gasteiger charge is 2.41. The second kappa shape index (κ2) is 3.00. The van der Waals surface area contributed by atoms with Crippen molar-refractivity contribution >= 4 is 0 Å². The molecule has 0 amide bonds. The third kappa shape index (κ3) is 1.99. The van der Waals surface area contributed by atoms with E-state index in [1.807, 2.05) is 6.92 Å². The second-order valence-electron chi connectivity index (χ2n) is 5.23. The van der Waals surface area contributed by atoms with Crippen LogP contribution in [0.5, 0.6) is 0 Å². The minimum atomic E-state index is -0.483.